The van der Waals surface area contributed by atoms with Crippen molar-refractivity contribution in [2.24, 2.45) is 0 Å². The zero-order valence-electron chi connectivity index (χ0n) is 18.0. The number of nitriles is 1. The molecular formula is C26H22Cl3N3O. The van der Waals surface area contributed by atoms with Crippen LogP contribution in [0.1, 0.15) is 40.4 Å². The molecule has 33 heavy (non-hydrogen) atoms. The number of amides is 1. The van der Waals surface area contributed by atoms with Crippen LogP contribution in [0, 0.1) is 11.3 Å². The van der Waals surface area contributed by atoms with Gasteiger partial charge >= 0.3 is 0 Å². The third-order valence-corrected chi connectivity index (χ3v) is 6.76. The predicted molar refractivity (Wildman–Crippen MR) is 134 cm³/mol. The maximum absolute atomic E-state index is 13.4. The number of rotatable bonds is 4. The summed E-state index contributed by atoms with van der Waals surface area (Å²) in [6.07, 6.45) is 0. The molecule has 1 fully saturated rings. The molecule has 1 aliphatic heterocycles. The molecule has 0 aromatic heterocycles. The molecule has 0 bridgehead atoms. The number of carbonyl (C=O) groups excluding carboxylic acids is 1. The minimum Gasteiger partial charge on any atom is -0.360 e. The van der Waals surface area contributed by atoms with Crippen molar-refractivity contribution in [3.8, 4) is 6.07 Å². The first kappa shape index (κ1) is 23.4. The molecule has 1 heterocycles. The number of nitrogens with zero attached hydrogens (tertiary/aromatic N) is 3. The van der Waals surface area contributed by atoms with Crippen molar-refractivity contribution in [3.05, 3.63) is 98.5 Å². The van der Waals surface area contributed by atoms with Gasteiger partial charge in [-0.2, -0.15) is 5.26 Å². The zero-order valence-corrected chi connectivity index (χ0v) is 20.3. The molecular weight excluding hydrogens is 477 g/mol. The summed E-state index contributed by atoms with van der Waals surface area (Å²) >= 11 is 18.8. The second kappa shape index (κ2) is 10.1. The van der Waals surface area contributed by atoms with E-state index in [9.17, 15) is 10.1 Å². The molecule has 1 aliphatic rings. The molecule has 1 amide bonds. The van der Waals surface area contributed by atoms with Gasteiger partial charge in [0.25, 0.3) is 5.91 Å². The maximum Gasteiger partial charge on any atom is 0.254 e. The van der Waals surface area contributed by atoms with Crippen LogP contribution in [0.5, 0.6) is 0 Å². The lowest BCUT2D eigenvalue weighted by Crippen LogP contribution is -2.50. The Morgan fingerprint density at radius 2 is 1.73 bits per heavy atom. The van der Waals surface area contributed by atoms with Crippen molar-refractivity contribution in [2.75, 3.05) is 24.5 Å². The van der Waals surface area contributed by atoms with Crippen molar-refractivity contribution in [1.82, 2.24) is 4.90 Å². The lowest BCUT2D eigenvalue weighted by atomic mass is 9.98. The van der Waals surface area contributed by atoms with Crippen molar-refractivity contribution < 1.29 is 4.79 Å². The first-order valence-electron chi connectivity index (χ1n) is 10.6. The Morgan fingerprint density at radius 3 is 2.42 bits per heavy atom. The van der Waals surface area contributed by atoms with Crippen molar-refractivity contribution in [3.63, 3.8) is 0 Å². The van der Waals surface area contributed by atoms with Crippen LogP contribution in [0.15, 0.2) is 66.7 Å². The van der Waals surface area contributed by atoms with Crippen LogP contribution in [0.2, 0.25) is 15.1 Å². The summed E-state index contributed by atoms with van der Waals surface area (Å²) in [5, 5.41) is 11.0. The highest BCUT2D eigenvalue weighted by Crippen LogP contribution is 2.37. The van der Waals surface area contributed by atoms with Crippen molar-refractivity contribution in [1.29, 1.82) is 5.26 Å². The molecule has 168 valence electrons. The highest BCUT2D eigenvalue weighted by atomic mass is 35.5. The smallest absolute Gasteiger partial charge is 0.254 e. The van der Waals surface area contributed by atoms with Gasteiger partial charge in [0.15, 0.2) is 0 Å². The largest absolute Gasteiger partial charge is 0.360 e. The predicted octanol–water partition coefficient (Wildman–Crippen LogP) is 6.98. The Balaban J connectivity index is 1.66. The van der Waals surface area contributed by atoms with Gasteiger partial charge in [-0.1, -0.05) is 59.1 Å². The molecule has 2 atom stereocenters. The first-order valence-corrected chi connectivity index (χ1v) is 11.8. The first-order chi connectivity index (χ1) is 15.9. The van der Waals surface area contributed by atoms with E-state index in [1.165, 1.54) is 0 Å². The van der Waals surface area contributed by atoms with E-state index >= 15 is 0 Å². The fourth-order valence-electron chi connectivity index (χ4n) is 4.14. The number of hydrogen-bond donors (Lipinski definition) is 0. The van der Waals surface area contributed by atoms with E-state index in [-0.39, 0.29) is 17.9 Å². The molecule has 0 radical (unpaired) electrons. The molecule has 2 unspecified atom stereocenters. The van der Waals surface area contributed by atoms with Crippen LogP contribution in [0.3, 0.4) is 0 Å². The lowest BCUT2D eigenvalue weighted by Gasteiger charge is -2.43. The van der Waals surface area contributed by atoms with E-state index in [4.69, 9.17) is 34.8 Å². The number of carbonyl (C=O) groups is 1. The van der Waals surface area contributed by atoms with Gasteiger partial charge in [0.2, 0.25) is 0 Å². The second-order valence-electron chi connectivity index (χ2n) is 8.08. The second-order valence-corrected chi connectivity index (χ2v) is 9.36. The molecule has 0 spiro atoms. The van der Waals surface area contributed by atoms with Crippen molar-refractivity contribution >= 4 is 46.4 Å². The Morgan fingerprint density at radius 1 is 1.00 bits per heavy atom. The summed E-state index contributed by atoms with van der Waals surface area (Å²) in [6.45, 7) is 3.46. The Hall–Kier alpha value is -2.71. The Labute approximate surface area is 208 Å². The zero-order chi connectivity index (χ0) is 23.5. The number of halogens is 3. The quantitative estimate of drug-likeness (QED) is 0.390. The SMILES string of the molecule is CC(C#N)c1cccc(C(=O)N2CCN(c3ccc(Cl)cc3Cl)C(c3ccc(Cl)cc3)C2)c1. The minimum absolute atomic E-state index is 0.0530. The number of piperazine rings is 1. The average molecular weight is 499 g/mol. The van der Waals surface area contributed by atoms with E-state index < -0.39 is 0 Å². The van der Waals surface area contributed by atoms with E-state index in [1.807, 2.05) is 66.4 Å². The number of anilines is 1. The third kappa shape index (κ3) is 5.12. The number of benzene rings is 3. The fraction of sp³-hybridized carbons (Fsp3) is 0.231. The topological polar surface area (TPSA) is 47.3 Å². The summed E-state index contributed by atoms with van der Waals surface area (Å²) in [7, 11) is 0. The van der Waals surface area contributed by atoms with E-state index in [0.717, 1.165) is 16.8 Å². The normalized spacial score (nSPS) is 16.9. The van der Waals surface area contributed by atoms with E-state index in [2.05, 4.69) is 11.0 Å². The van der Waals surface area contributed by atoms with Gasteiger partial charge in [-0.15, -0.1) is 0 Å². The van der Waals surface area contributed by atoms with Crippen LogP contribution >= 0.6 is 34.8 Å². The van der Waals surface area contributed by atoms with Gasteiger partial charge in [-0.25, -0.2) is 0 Å². The van der Waals surface area contributed by atoms with Gasteiger partial charge in [-0.3, -0.25) is 4.79 Å². The molecule has 4 nitrogen and oxygen atoms in total. The summed E-state index contributed by atoms with van der Waals surface area (Å²) in [5.41, 5.74) is 3.33. The molecule has 1 saturated heterocycles. The minimum atomic E-state index is -0.275. The van der Waals surface area contributed by atoms with Crippen LogP contribution in [0.25, 0.3) is 0 Å². The molecule has 0 aliphatic carbocycles. The Kier molecular flexibility index (Phi) is 7.14. The summed E-state index contributed by atoms with van der Waals surface area (Å²) in [4.78, 5) is 17.5. The van der Waals surface area contributed by atoms with Gasteiger partial charge in [0, 0.05) is 35.2 Å². The highest BCUT2D eigenvalue weighted by molar-refractivity contribution is 6.36. The van der Waals surface area contributed by atoms with Crippen LogP contribution < -0.4 is 4.90 Å². The van der Waals surface area contributed by atoms with E-state index in [0.29, 0.717) is 40.3 Å². The van der Waals surface area contributed by atoms with Crippen LogP contribution in [-0.2, 0) is 0 Å². The molecule has 0 N–H and O–H groups in total. The van der Waals surface area contributed by atoms with Crippen LogP contribution in [0.4, 0.5) is 5.69 Å². The maximum atomic E-state index is 13.4. The third-order valence-electron chi connectivity index (χ3n) is 5.97. The van der Waals surface area contributed by atoms with Gasteiger partial charge in [0.05, 0.1) is 28.7 Å². The molecule has 3 aromatic carbocycles. The van der Waals surface area contributed by atoms with Crippen LogP contribution in [-0.4, -0.2) is 30.4 Å². The lowest BCUT2D eigenvalue weighted by molar-refractivity contribution is 0.0722. The van der Waals surface area contributed by atoms with Gasteiger partial charge in [0.1, 0.15) is 0 Å². The van der Waals surface area contributed by atoms with Crippen molar-refractivity contribution in [2.45, 2.75) is 18.9 Å². The molecule has 4 rings (SSSR count). The summed E-state index contributed by atoms with van der Waals surface area (Å²) < 4.78 is 0. The summed E-state index contributed by atoms with van der Waals surface area (Å²) in [5.74, 6) is -0.328. The average Bonchev–Trinajstić information content (AvgIpc) is 2.83. The Bertz CT molecular complexity index is 1210. The highest BCUT2D eigenvalue weighted by Gasteiger charge is 2.32. The summed E-state index contributed by atoms with van der Waals surface area (Å²) in [6, 6.07) is 22.6. The fourth-order valence-corrected chi connectivity index (χ4v) is 4.78. The monoisotopic (exact) mass is 497 g/mol. The standard InChI is InChI=1S/C26H22Cl3N3O/c1-17(15-30)19-3-2-4-20(13-19)26(33)31-11-12-32(24-10-9-22(28)14-23(24)29)25(16-31)18-5-7-21(27)8-6-18/h2-10,13-14,17,25H,11-12,16H2,1H3. The molecule has 3 aromatic rings. The molecule has 0 saturated carbocycles. The van der Waals surface area contributed by atoms with Gasteiger partial charge < -0.3 is 9.80 Å². The van der Waals surface area contributed by atoms with Gasteiger partial charge in [-0.05, 0) is 60.5 Å². The van der Waals surface area contributed by atoms with E-state index in [1.54, 1.807) is 12.1 Å². The number of hydrogen-bond acceptors (Lipinski definition) is 3. The molecule has 7 heteroatoms.